The average Bonchev–Trinajstić information content (AvgIpc) is 3.23. The molecule has 1 fully saturated rings. The highest BCUT2D eigenvalue weighted by molar-refractivity contribution is 5.33. The van der Waals surface area contributed by atoms with Gasteiger partial charge in [0.1, 0.15) is 11.6 Å². The van der Waals surface area contributed by atoms with E-state index in [1.54, 1.807) is 6.20 Å². The zero-order valence-electron chi connectivity index (χ0n) is 10.4. The summed E-state index contributed by atoms with van der Waals surface area (Å²) in [7, 11) is 0. The molecule has 3 rings (SSSR count). The molecule has 0 unspecified atom stereocenters. The van der Waals surface area contributed by atoms with Crippen LogP contribution in [0, 0.1) is 0 Å². The van der Waals surface area contributed by atoms with Gasteiger partial charge in [-0.2, -0.15) is 18.2 Å². The molecule has 1 aliphatic carbocycles. The normalized spacial score (nSPS) is 15.2. The smallest absolute Gasteiger partial charge is 0.416 e. The quantitative estimate of drug-likeness (QED) is 0.846. The maximum Gasteiger partial charge on any atom is 0.416 e. The first-order valence-corrected chi connectivity index (χ1v) is 6.20. The Morgan fingerprint density at radius 3 is 2.65 bits per heavy atom. The Balaban J connectivity index is 1.82. The molecule has 2 aromatic rings. The molecular weight excluding hydrogens is 269 g/mol. The van der Waals surface area contributed by atoms with Crippen molar-refractivity contribution in [1.29, 1.82) is 0 Å². The topological polar surface area (TPSA) is 35.0 Å². The maximum atomic E-state index is 12.6. The molecule has 20 heavy (non-hydrogen) atoms. The van der Waals surface area contributed by atoms with E-state index in [0.717, 1.165) is 25.0 Å². The van der Waals surface area contributed by atoms with Crippen LogP contribution in [0.15, 0.2) is 36.5 Å². The molecule has 1 saturated carbocycles. The minimum Gasteiger partial charge on any atom is -0.439 e. The van der Waals surface area contributed by atoms with Crippen LogP contribution >= 0.6 is 0 Å². The van der Waals surface area contributed by atoms with E-state index in [-0.39, 0.29) is 11.6 Å². The second kappa shape index (κ2) is 4.77. The Labute approximate surface area is 113 Å². The third-order valence-electron chi connectivity index (χ3n) is 2.97. The van der Waals surface area contributed by atoms with E-state index in [1.807, 2.05) is 0 Å². The second-order valence-electron chi connectivity index (χ2n) is 4.66. The molecule has 0 spiro atoms. The van der Waals surface area contributed by atoms with E-state index in [4.69, 9.17) is 4.74 Å². The van der Waals surface area contributed by atoms with E-state index in [0.29, 0.717) is 11.7 Å². The summed E-state index contributed by atoms with van der Waals surface area (Å²) in [6.07, 6.45) is -0.728. The molecule has 0 amide bonds. The van der Waals surface area contributed by atoms with Crippen LogP contribution in [-0.4, -0.2) is 9.97 Å². The van der Waals surface area contributed by atoms with Gasteiger partial charge in [-0.1, -0.05) is 6.07 Å². The molecule has 0 saturated heterocycles. The number of benzene rings is 1. The summed E-state index contributed by atoms with van der Waals surface area (Å²) in [5, 5.41) is 0. The van der Waals surface area contributed by atoms with Crippen LogP contribution in [0.4, 0.5) is 13.2 Å². The van der Waals surface area contributed by atoms with Crippen molar-refractivity contribution in [3.05, 3.63) is 47.9 Å². The molecule has 1 aromatic heterocycles. The number of nitrogens with zero attached hydrogens (tertiary/aromatic N) is 2. The molecule has 1 aromatic carbocycles. The Hall–Kier alpha value is -2.11. The first kappa shape index (κ1) is 12.9. The zero-order valence-corrected chi connectivity index (χ0v) is 10.4. The van der Waals surface area contributed by atoms with Crippen LogP contribution in [0.2, 0.25) is 0 Å². The van der Waals surface area contributed by atoms with Gasteiger partial charge in [-0.05, 0) is 31.0 Å². The van der Waals surface area contributed by atoms with Crippen molar-refractivity contribution < 1.29 is 17.9 Å². The van der Waals surface area contributed by atoms with Gasteiger partial charge in [0, 0.05) is 18.2 Å². The highest BCUT2D eigenvalue weighted by Gasteiger charge is 2.31. The van der Waals surface area contributed by atoms with Crippen LogP contribution in [0.1, 0.15) is 30.1 Å². The summed E-state index contributed by atoms with van der Waals surface area (Å²) in [5.41, 5.74) is -0.744. The number of rotatable bonds is 3. The predicted molar refractivity (Wildman–Crippen MR) is 65.5 cm³/mol. The molecule has 0 aliphatic heterocycles. The predicted octanol–water partition coefficient (Wildman–Crippen LogP) is 4.17. The second-order valence-corrected chi connectivity index (χ2v) is 4.66. The van der Waals surface area contributed by atoms with Crippen molar-refractivity contribution in [2.75, 3.05) is 0 Å². The zero-order chi connectivity index (χ0) is 14.2. The highest BCUT2D eigenvalue weighted by Crippen LogP contribution is 2.38. The van der Waals surface area contributed by atoms with Crippen molar-refractivity contribution in [1.82, 2.24) is 9.97 Å². The molecule has 1 heterocycles. The van der Waals surface area contributed by atoms with Crippen LogP contribution in [0.3, 0.4) is 0 Å². The third kappa shape index (κ3) is 2.89. The summed E-state index contributed by atoms with van der Waals surface area (Å²) in [5.74, 6) is 1.43. The molecule has 0 bridgehead atoms. The van der Waals surface area contributed by atoms with Crippen molar-refractivity contribution in [2.24, 2.45) is 0 Å². The van der Waals surface area contributed by atoms with Crippen molar-refractivity contribution >= 4 is 0 Å². The molecular formula is C14H11F3N2O. The monoisotopic (exact) mass is 280 g/mol. The Bertz CT molecular complexity index is 624. The van der Waals surface area contributed by atoms with Gasteiger partial charge in [-0.25, -0.2) is 4.98 Å². The van der Waals surface area contributed by atoms with Gasteiger partial charge in [0.2, 0.25) is 5.88 Å². The third-order valence-corrected chi connectivity index (χ3v) is 2.97. The summed E-state index contributed by atoms with van der Waals surface area (Å²) >= 11 is 0. The van der Waals surface area contributed by atoms with E-state index >= 15 is 0 Å². The SMILES string of the molecule is FC(F)(F)c1cccc(Oc2ccnc(C3CC3)n2)c1. The van der Waals surface area contributed by atoms with Crippen molar-refractivity contribution in [2.45, 2.75) is 24.9 Å². The first-order valence-electron chi connectivity index (χ1n) is 6.20. The summed E-state index contributed by atoms with van der Waals surface area (Å²) in [6, 6.07) is 6.27. The molecule has 0 N–H and O–H groups in total. The summed E-state index contributed by atoms with van der Waals surface area (Å²) < 4.78 is 43.2. The lowest BCUT2D eigenvalue weighted by molar-refractivity contribution is -0.137. The molecule has 0 atom stereocenters. The van der Waals surface area contributed by atoms with Gasteiger partial charge in [0.25, 0.3) is 0 Å². The van der Waals surface area contributed by atoms with Crippen molar-refractivity contribution in [3.8, 4) is 11.6 Å². The molecule has 6 heteroatoms. The van der Waals surface area contributed by atoms with Crippen molar-refractivity contribution in [3.63, 3.8) is 0 Å². The molecule has 1 aliphatic rings. The van der Waals surface area contributed by atoms with Gasteiger partial charge in [0.05, 0.1) is 5.56 Å². The number of ether oxygens (including phenoxy) is 1. The summed E-state index contributed by atoms with van der Waals surface area (Å²) in [6.45, 7) is 0. The Morgan fingerprint density at radius 1 is 1.15 bits per heavy atom. The standard InChI is InChI=1S/C14H11F3N2O/c15-14(16,17)10-2-1-3-11(8-10)20-12-6-7-18-13(19-12)9-4-5-9/h1-3,6-9H,4-5H2. The van der Waals surface area contributed by atoms with E-state index < -0.39 is 11.7 Å². The van der Waals surface area contributed by atoms with Gasteiger partial charge in [0.15, 0.2) is 0 Å². The minimum absolute atomic E-state index is 0.111. The van der Waals surface area contributed by atoms with E-state index in [9.17, 15) is 13.2 Å². The summed E-state index contributed by atoms with van der Waals surface area (Å²) in [4.78, 5) is 8.34. The number of aromatic nitrogens is 2. The number of hydrogen-bond acceptors (Lipinski definition) is 3. The fraction of sp³-hybridized carbons (Fsp3) is 0.286. The molecule has 0 radical (unpaired) electrons. The first-order chi connectivity index (χ1) is 9.52. The highest BCUT2D eigenvalue weighted by atomic mass is 19.4. The van der Waals surface area contributed by atoms with Crippen LogP contribution < -0.4 is 4.74 Å². The van der Waals surface area contributed by atoms with Gasteiger partial charge in [-0.3, -0.25) is 0 Å². The lowest BCUT2D eigenvalue weighted by atomic mass is 10.2. The molecule has 104 valence electrons. The van der Waals surface area contributed by atoms with Crippen LogP contribution in [0.5, 0.6) is 11.6 Å². The number of hydrogen-bond donors (Lipinski definition) is 0. The fourth-order valence-electron chi connectivity index (χ4n) is 1.81. The largest absolute Gasteiger partial charge is 0.439 e. The van der Waals surface area contributed by atoms with E-state index in [1.165, 1.54) is 18.2 Å². The number of halogens is 3. The molecule has 3 nitrogen and oxygen atoms in total. The van der Waals surface area contributed by atoms with Gasteiger partial charge < -0.3 is 4.74 Å². The lowest BCUT2D eigenvalue weighted by Crippen LogP contribution is -2.04. The number of alkyl halides is 3. The minimum atomic E-state index is -4.38. The van der Waals surface area contributed by atoms with E-state index in [2.05, 4.69) is 9.97 Å². The van der Waals surface area contributed by atoms with Crippen LogP contribution in [-0.2, 0) is 6.18 Å². The Kier molecular flexibility index (Phi) is 3.08. The van der Waals surface area contributed by atoms with Gasteiger partial charge in [-0.15, -0.1) is 0 Å². The lowest BCUT2D eigenvalue weighted by Gasteiger charge is -2.09. The fourth-order valence-corrected chi connectivity index (χ4v) is 1.81. The van der Waals surface area contributed by atoms with Crippen LogP contribution in [0.25, 0.3) is 0 Å². The van der Waals surface area contributed by atoms with Gasteiger partial charge >= 0.3 is 6.18 Å². The Morgan fingerprint density at radius 2 is 1.95 bits per heavy atom. The maximum absolute atomic E-state index is 12.6. The average molecular weight is 280 g/mol.